The lowest BCUT2D eigenvalue weighted by molar-refractivity contribution is 0.0956. The van der Waals surface area contributed by atoms with E-state index in [-0.39, 0.29) is 0 Å². The molecule has 3 aromatic rings. The van der Waals surface area contributed by atoms with Crippen LogP contribution in [0.5, 0.6) is 0 Å². The first-order valence-electron chi connectivity index (χ1n) is 11.1. The Balaban J connectivity index is 1.20. The summed E-state index contributed by atoms with van der Waals surface area (Å²) in [5.41, 5.74) is 2.38. The Hall–Kier alpha value is -2.09. The summed E-state index contributed by atoms with van der Waals surface area (Å²) in [4.78, 5) is 20.7. The molecule has 0 saturated carbocycles. The Morgan fingerprint density at radius 3 is 2.55 bits per heavy atom. The molecular weight excluding hydrogens is 428 g/mol. The first-order chi connectivity index (χ1) is 15.2. The molecule has 0 aliphatic carbocycles. The molecule has 0 radical (unpaired) electrons. The molecule has 0 aromatic carbocycles. The average molecular weight is 455 g/mol. The fourth-order valence-corrected chi connectivity index (χ4v) is 5.87. The molecule has 2 atom stereocenters. The topological polar surface area (TPSA) is 66.8 Å². The van der Waals surface area contributed by atoms with Crippen molar-refractivity contribution in [2.24, 2.45) is 5.92 Å². The second kappa shape index (κ2) is 9.18. The number of anilines is 2. The van der Waals surface area contributed by atoms with Gasteiger partial charge in [-0.05, 0) is 50.2 Å². The number of halogens is 1. The quantitative estimate of drug-likeness (QED) is 0.524. The Kier molecular flexibility index (Phi) is 6.16. The Morgan fingerprint density at radius 2 is 1.87 bits per heavy atom. The average Bonchev–Trinajstić information content (AvgIpc) is 3.27. The van der Waals surface area contributed by atoms with Gasteiger partial charge in [-0.3, -0.25) is 4.90 Å². The van der Waals surface area contributed by atoms with Crippen LogP contribution in [-0.4, -0.2) is 36.9 Å². The van der Waals surface area contributed by atoms with E-state index in [1.165, 1.54) is 42.6 Å². The van der Waals surface area contributed by atoms with Crippen molar-refractivity contribution in [3.63, 3.8) is 0 Å². The number of fused-ring (bicyclic) bond motifs is 2. The van der Waals surface area contributed by atoms with Crippen molar-refractivity contribution in [1.29, 1.82) is 0 Å². The molecule has 0 amide bonds. The monoisotopic (exact) mass is 454 g/mol. The third-order valence-electron chi connectivity index (χ3n) is 6.44. The standard InChI is InChI=1S/C23H27ClN6S/c1-2-21-25-11-16(12-26-21)14-30-18-6-7-19(30)10-15(9-18)8-17-4-3-5-22(28-17)29-23-27-13-20(24)31-23/h3-5,11-13,15,18-19H,2,6-10,14H2,1H3,(H,27,28,29). The predicted molar refractivity (Wildman–Crippen MR) is 125 cm³/mol. The molecule has 2 saturated heterocycles. The predicted octanol–water partition coefficient (Wildman–Crippen LogP) is 5.27. The highest BCUT2D eigenvalue weighted by molar-refractivity contribution is 7.19. The van der Waals surface area contributed by atoms with Crippen LogP contribution >= 0.6 is 22.9 Å². The number of thiazole rings is 1. The van der Waals surface area contributed by atoms with E-state index < -0.39 is 0 Å². The molecule has 2 aliphatic heterocycles. The van der Waals surface area contributed by atoms with Gasteiger partial charge in [0.1, 0.15) is 16.0 Å². The Morgan fingerprint density at radius 1 is 1.10 bits per heavy atom. The number of nitrogens with one attached hydrogen (secondary N) is 1. The van der Waals surface area contributed by atoms with Crippen molar-refractivity contribution in [3.8, 4) is 0 Å². The molecule has 8 heteroatoms. The number of pyridine rings is 1. The molecule has 2 fully saturated rings. The fourth-order valence-electron chi connectivity index (χ4n) is 5.05. The molecule has 5 rings (SSSR count). The second-order valence-electron chi connectivity index (χ2n) is 8.57. The minimum Gasteiger partial charge on any atom is -0.316 e. The van der Waals surface area contributed by atoms with Crippen molar-refractivity contribution in [2.75, 3.05) is 5.32 Å². The third-order valence-corrected chi connectivity index (χ3v) is 7.47. The Bertz CT molecular complexity index is 1010. The summed E-state index contributed by atoms with van der Waals surface area (Å²) in [6.45, 7) is 3.06. The number of hydrogen-bond donors (Lipinski definition) is 1. The van der Waals surface area contributed by atoms with Gasteiger partial charge in [0.2, 0.25) is 0 Å². The van der Waals surface area contributed by atoms with Gasteiger partial charge >= 0.3 is 0 Å². The lowest BCUT2D eigenvalue weighted by Gasteiger charge is -2.39. The molecule has 2 unspecified atom stereocenters. The lowest BCUT2D eigenvalue weighted by Crippen LogP contribution is -2.42. The van der Waals surface area contributed by atoms with Gasteiger partial charge in [-0.1, -0.05) is 35.9 Å². The zero-order chi connectivity index (χ0) is 21.2. The molecule has 31 heavy (non-hydrogen) atoms. The summed E-state index contributed by atoms with van der Waals surface area (Å²) >= 11 is 7.41. The van der Waals surface area contributed by atoms with Crippen LogP contribution in [0.4, 0.5) is 10.9 Å². The number of nitrogens with zero attached hydrogens (tertiary/aromatic N) is 5. The van der Waals surface area contributed by atoms with Crippen LogP contribution in [0.3, 0.4) is 0 Å². The van der Waals surface area contributed by atoms with Crippen LogP contribution in [0.2, 0.25) is 4.34 Å². The first kappa shape index (κ1) is 20.8. The minimum atomic E-state index is 0.661. The molecule has 5 heterocycles. The van der Waals surface area contributed by atoms with Crippen LogP contribution < -0.4 is 5.32 Å². The van der Waals surface area contributed by atoms with Crippen LogP contribution in [0.15, 0.2) is 36.8 Å². The molecule has 2 bridgehead atoms. The van der Waals surface area contributed by atoms with Crippen molar-refractivity contribution in [3.05, 3.63) is 58.2 Å². The number of aromatic nitrogens is 4. The van der Waals surface area contributed by atoms with Gasteiger partial charge < -0.3 is 5.32 Å². The van der Waals surface area contributed by atoms with Gasteiger partial charge in [-0.15, -0.1) is 0 Å². The van der Waals surface area contributed by atoms with Crippen molar-refractivity contribution >= 4 is 33.9 Å². The van der Waals surface area contributed by atoms with E-state index in [1.807, 2.05) is 18.5 Å². The molecule has 2 aliphatic rings. The Labute approximate surface area is 192 Å². The van der Waals surface area contributed by atoms with E-state index in [2.05, 4.69) is 44.2 Å². The van der Waals surface area contributed by atoms with Crippen molar-refractivity contribution in [1.82, 2.24) is 24.8 Å². The zero-order valence-electron chi connectivity index (χ0n) is 17.7. The van der Waals surface area contributed by atoms with Gasteiger partial charge in [0.25, 0.3) is 0 Å². The van der Waals surface area contributed by atoms with Gasteiger partial charge in [0, 0.05) is 48.7 Å². The van der Waals surface area contributed by atoms with Gasteiger partial charge in [0.15, 0.2) is 5.13 Å². The maximum atomic E-state index is 5.98. The fraction of sp³-hybridized carbons (Fsp3) is 0.478. The summed E-state index contributed by atoms with van der Waals surface area (Å²) < 4.78 is 0.675. The van der Waals surface area contributed by atoms with E-state index in [0.717, 1.165) is 41.9 Å². The summed E-state index contributed by atoms with van der Waals surface area (Å²) in [5.74, 6) is 2.44. The van der Waals surface area contributed by atoms with Crippen LogP contribution in [0, 0.1) is 5.92 Å². The third kappa shape index (κ3) is 4.89. The van der Waals surface area contributed by atoms with Crippen LogP contribution in [0.1, 0.15) is 49.7 Å². The number of piperidine rings is 1. The van der Waals surface area contributed by atoms with Crippen molar-refractivity contribution < 1.29 is 0 Å². The van der Waals surface area contributed by atoms with E-state index >= 15 is 0 Å². The minimum absolute atomic E-state index is 0.661. The smallest absolute Gasteiger partial charge is 0.189 e. The largest absolute Gasteiger partial charge is 0.316 e. The SMILES string of the molecule is CCc1ncc(CN2C3CCC2CC(Cc2cccc(Nc4ncc(Cl)s4)n2)C3)cn1. The van der Waals surface area contributed by atoms with Crippen LogP contribution in [-0.2, 0) is 19.4 Å². The molecule has 3 aromatic heterocycles. The van der Waals surface area contributed by atoms with Gasteiger partial charge in [0.05, 0.1) is 6.20 Å². The van der Waals surface area contributed by atoms with E-state index in [4.69, 9.17) is 16.6 Å². The highest BCUT2D eigenvalue weighted by Gasteiger charge is 2.40. The molecule has 6 nitrogen and oxygen atoms in total. The maximum Gasteiger partial charge on any atom is 0.189 e. The van der Waals surface area contributed by atoms with Crippen molar-refractivity contribution in [2.45, 2.75) is 64.1 Å². The van der Waals surface area contributed by atoms with E-state index in [9.17, 15) is 0 Å². The van der Waals surface area contributed by atoms with Gasteiger partial charge in [-0.2, -0.15) is 0 Å². The normalized spacial score (nSPS) is 23.2. The second-order valence-corrected chi connectivity index (χ2v) is 10.2. The number of rotatable bonds is 7. The molecule has 0 spiro atoms. The number of aryl methyl sites for hydroxylation is 1. The lowest BCUT2D eigenvalue weighted by atomic mass is 9.87. The number of hydrogen-bond acceptors (Lipinski definition) is 7. The summed E-state index contributed by atoms with van der Waals surface area (Å²) in [5, 5.41) is 4.04. The highest BCUT2D eigenvalue weighted by Crippen LogP contribution is 2.40. The molecular formula is C23H27ClN6S. The van der Waals surface area contributed by atoms with Crippen LogP contribution in [0.25, 0.3) is 0 Å². The maximum absolute atomic E-state index is 5.98. The summed E-state index contributed by atoms with van der Waals surface area (Å²) in [6, 6.07) is 7.52. The zero-order valence-corrected chi connectivity index (χ0v) is 19.2. The highest BCUT2D eigenvalue weighted by atomic mass is 35.5. The first-order valence-corrected chi connectivity index (χ1v) is 12.3. The van der Waals surface area contributed by atoms with E-state index in [1.54, 1.807) is 6.20 Å². The molecule has 1 N–H and O–H groups in total. The van der Waals surface area contributed by atoms with Gasteiger partial charge in [-0.25, -0.2) is 19.9 Å². The summed E-state index contributed by atoms with van der Waals surface area (Å²) in [6.07, 6.45) is 12.7. The molecule has 162 valence electrons. The summed E-state index contributed by atoms with van der Waals surface area (Å²) in [7, 11) is 0. The van der Waals surface area contributed by atoms with E-state index in [0.29, 0.717) is 22.3 Å².